The van der Waals surface area contributed by atoms with Gasteiger partial charge in [-0.2, -0.15) is 0 Å². The van der Waals surface area contributed by atoms with Gasteiger partial charge in [-0.25, -0.2) is 0 Å². The summed E-state index contributed by atoms with van der Waals surface area (Å²) in [6.07, 6.45) is 0. The summed E-state index contributed by atoms with van der Waals surface area (Å²) in [6.45, 7) is 0. The van der Waals surface area contributed by atoms with Crippen LogP contribution in [0.2, 0.25) is 0 Å². The monoisotopic (exact) mass is 603 g/mol. The van der Waals surface area contributed by atoms with Crippen LogP contribution >= 0.6 is 11.3 Å². The van der Waals surface area contributed by atoms with E-state index in [2.05, 4.69) is 181 Å². The number of benzene rings is 8. The van der Waals surface area contributed by atoms with Crippen molar-refractivity contribution in [1.82, 2.24) is 0 Å². The number of anilines is 3. The summed E-state index contributed by atoms with van der Waals surface area (Å²) in [5.74, 6) is 0. The first-order valence-electron chi connectivity index (χ1n) is 15.7. The first-order chi connectivity index (χ1) is 22.8. The van der Waals surface area contributed by atoms with E-state index in [0.29, 0.717) is 0 Å². The normalized spacial score (nSPS) is 11.5. The van der Waals surface area contributed by atoms with Gasteiger partial charge < -0.3 is 4.90 Å². The van der Waals surface area contributed by atoms with Crippen molar-refractivity contribution >= 4 is 70.1 Å². The molecule has 0 unspecified atom stereocenters. The molecule has 1 heterocycles. The quantitative estimate of drug-likeness (QED) is 0.177. The Morgan fingerprint density at radius 1 is 0.370 bits per heavy atom. The van der Waals surface area contributed by atoms with Crippen LogP contribution in [0, 0.1) is 0 Å². The Balaban J connectivity index is 1.22. The largest absolute Gasteiger partial charge is 0.310 e. The van der Waals surface area contributed by atoms with Gasteiger partial charge in [0, 0.05) is 37.1 Å². The van der Waals surface area contributed by atoms with Crippen molar-refractivity contribution < 1.29 is 0 Å². The number of para-hydroxylation sites is 1. The minimum Gasteiger partial charge on any atom is -0.310 e. The van der Waals surface area contributed by atoms with Gasteiger partial charge in [0.1, 0.15) is 0 Å². The molecule has 0 N–H and O–H groups in total. The van der Waals surface area contributed by atoms with Crippen molar-refractivity contribution in [2.45, 2.75) is 0 Å². The predicted octanol–water partition coefficient (Wildman–Crippen LogP) is 13.2. The molecule has 0 aliphatic carbocycles. The number of rotatable bonds is 5. The summed E-state index contributed by atoms with van der Waals surface area (Å²) in [5.41, 5.74) is 8.29. The van der Waals surface area contributed by atoms with Gasteiger partial charge in [0.05, 0.1) is 5.69 Å². The van der Waals surface area contributed by atoms with E-state index in [4.69, 9.17) is 0 Å². The minimum atomic E-state index is 1.12. The SMILES string of the molecule is c1ccc(-c2ccccc2N(c2ccc(-c3cccc4c3sc3ccccc34)cc2)c2ccc3c(ccc4ccccc43)c2)cc1. The van der Waals surface area contributed by atoms with Crippen LogP contribution in [0.3, 0.4) is 0 Å². The average Bonchev–Trinajstić information content (AvgIpc) is 3.52. The van der Waals surface area contributed by atoms with Crippen molar-refractivity contribution in [2.24, 2.45) is 0 Å². The Morgan fingerprint density at radius 3 is 1.89 bits per heavy atom. The molecule has 216 valence electrons. The van der Waals surface area contributed by atoms with Crippen molar-refractivity contribution in [2.75, 3.05) is 4.90 Å². The third-order valence-corrected chi connectivity index (χ3v) is 10.3. The molecular weight excluding hydrogens is 575 g/mol. The van der Waals surface area contributed by atoms with E-state index in [1.54, 1.807) is 0 Å². The first kappa shape index (κ1) is 26.7. The zero-order valence-electron chi connectivity index (χ0n) is 25.1. The van der Waals surface area contributed by atoms with Gasteiger partial charge in [0.15, 0.2) is 0 Å². The van der Waals surface area contributed by atoms with Crippen LogP contribution in [0.15, 0.2) is 176 Å². The molecule has 46 heavy (non-hydrogen) atoms. The molecule has 9 aromatic rings. The molecular formula is C44H29NS. The Labute approximate surface area is 272 Å². The van der Waals surface area contributed by atoms with Crippen molar-refractivity contribution in [3.63, 3.8) is 0 Å². The molecule has 0 atom stereocenters. The Kier molecular flexibility index (Phi) is 6.40. The topological polar surface area (TPSA) is 3.24 Å². The van der Waals surface area contributed by atoms with Crippen molar-refractivity contribution in [1.29, 1.82) is 0 Å². The second-order valence-corrected chi connectivity index (χ2v) is 12.8. The molecule has 2 heteroatoms. The fourth-order valence-electron chi connectivity index (χ4n) is 6.86. The van der Waals surface area contributed by atoms with E-state index < -0.39 is 0 Å². The molecule has 0 fully saturated rings. The number of nitrogens with zero attached hydrogens (tertiary/aromatic N) is 1. The molecule has 0 radical (unpaired) electrons. The second kappa shape index (κ2) is 11.0. The highest BCUT2D eigenvalue weighted by molar-refractivity contribution is 7.26. The summed E-state index contributed by atoms with van der Waals surface area (Å²) in [6, 6.07) is 63.9. The maximum Gasteiger partial charge on any atom is 0.0540 e. The summed E-state index contributed by atoms with van der Waals surface area (Å²) >= 11 is 1.88. The molecule has 1 nitrogen and oxygen atoms in total. The highest BCUT2D eigenvalue weighted by Gasteiger charge is 2.18. The minimum absolute atomic E-state index is 1.12. The molecule has 0 bridgehead atoms. The molecule has 8 aromatic carbocycles. The van der Waals surface area contributed by atoms with Gasteiger partial charge in [-0.15, -0.1) is 11.3 Å². The summed E-state index contributed by atoms with van der Waals surface area (Å²) in [7, 11) is 0. The van der Waals surface area contributed by atoms with E-state index >= 15 is 0 Å². The van der Waals surface area contributed by atoms with Crippen LogP contribution in [0.4, 0.5) is 17.1 Å². The molecule has 0 aliphatic heterocycles. The van der Waals surface area contributed by atoms with Gasteiger partial charge in [0.2, 0.25) is 0 Å². The fourth-order valence-corrected chi connectivity index (χ4v) is 8.10. The maximum atomic E-state index is 2.40. The Hall–Kier alpha value is -5.70. The van der Waals surface area contributed by atoms with Crippen molar-refractivity contribution in [3.8, 4) is 22.3 Å². The predicted molar refractivity (Wildman–Crippen MR) is 200 cm³/mol. The molecule has 0 saturated carbocycles. The zero-order valence-corrected chi connectivity index (χ0v) is 25.9. The lowest BCUT2D eigenvalue weighted by atomic mass is 9.99. The van der Waals surface area contributed by atoms with E-state index in [-0.39, 0.29) is 0 Å². The smallest absolute Gasteiger partial charge is 0.0540 e. The van der Waals surface area contributed by atoms with Crippen LogP contribution in [0.25, 0.3) is 64.0 Å². The average molecular weight is 604 g/mol. The van der Waals surface area contributed by atoms with Gasteiger partial charge in [0.25, 0.3) is 0 Å². The van der Waals surface area contributed by atoms with Gasteiger partial charge in [-0.3, -0.25) is 0 Å². The fraction of sp³-hybridized carbons (Fsp3) is 0. The zero-order chi connectivity index (χ0) is 30.5. The van der Waals surface area contributed by atoms with Gasteiger partial charge in [-0.1, -0.05) is 140 Å². The lowest BCUT2D eigenvalue weighted by Gasteiger charge is -2.28. The Bertz CT molecular complexity index is 2530. The molecule has 1 aromatic heterocycles. The first-order valence-corrected chi connectivity index (χ1v) is 16.5. The van der Waals surface area contributed by atoms with Crippen LogP contribution in [0.1, 0.15) is 0 Å². The highest BCUT2D eigenvalue weighted by atomic mass is 32.1. The number of hydrogen-bond donors (Lipinski definition) is 0. The maximum absolute atomic E-state index is 2.40. The molecule has 0 amide bonds. The second-order valence-electron chi connectivity index (χ2n) is 11.7. The lowest BCUT2D eigenvalue weighted by Crippen LogP contribution is -2.11. The standard InChI is InChI=1S/C44H29NS/c1-2-11-30(12-3-1)38-15-6-8-19-42(38)45(35-27-28-37-33(29-35)22-21-31-13-4-5-14-36(31)37)34-25-23-32(24-26-34)39-17-10-18-41-40-16-7-9-20-43(40)46-44(39)41/h1-29H. The van der Waals surface area contributed by atoms with E-state index in [0.717, 1.165) is 17.1 Å². The molecule has 0 aliphatic rings. The summed E-state index contributed by atoms with van der Waals surface area (Å²) in [5, 5.41) is 7.69. The lowest BCUT2D eigenvalue weighted by molar-refractivity contribution is 1.29. The van der Waals surface area contributed by atoms with E-state index in [1.165, 1.54) is 64.0 Å². The van der Waals surface area contributed by atoms with Gasteiger partial charge >= 0.3 is 0 Å². The molecule has 0 saturated heterocycles. The third kappa shape index (κ3) is 4.46. The third-order valence-electron chi connectivity index (χ3n) is 9.06. The van der Waals surface area contributed by atoms with Crippen LogP contribution in [-0.4, -0.2) is 0 Å². The number of thiophene rings is 1. The number of fused-ring (bicyclic) bond motifs is 6. The highest BCUT2D eigenvalue weighted by Crippen LogP contribution is 2.44. The van der Waals surface area contributed by atoms with Gasteiger partial charge in [-0.05, 0) is 74.6 Å². The summed E-state index contributed by atoms with van der Waals surface area (Å²) in [4.78, 5) is 2.40. The molecule has 0 spiro atoms. The number of hydrogen-bond acceptors (Lipinski definition) is 2. The van der Waals surface area contributed by atoms with Crippen LogP contribution in [0.5, 0.6) is 0 Å². The van der Waals surface area contributed by atoms with E-state index in [9.17, 15) is 0 Å². The van der Waals surface area contributed by atoms with Crippen molar-refractivity contribution in [3.05, 3.63) is 176 Å². The summed E-state index contributed by atoms with van der Waals surface area (Å²) < 4.78 is 2.67. The Morgan fingerprint density at radius 2 is 1.00 bits per heavy atom. The molecule has 9 rings (SSSR count). The van der Waals surface area contributed by atoms with Crippen LogP contribution < -0.4 is 4.90 Å². The van der Waals surface area contributed by atoms with Crippen LogP contribution in [-0.2, 0) is 0 Å². The van der Waals surface area contributed by atoms with E-state index in [1.807, 2.05) is 11.3 Å².